The molecule has 0 aliphatic heterocycles. The predicted molar refractivity (Wildman–Crippen MR) is 122 cm³/mol. The second-order valence-corrected chi connectivity index (χ2v) is 11.1. The van der Waals surface area contributed by atoms with Crippen molar-refractivity contribution in [3.63, 3.8) is 0 Å². The van der Waals surface area contributed by atoms with Gasteiger partial charge in [-0.15, -0.1) is 5.10 Å². The third-order valence-corrected chi connectivity index (χ3v) is 7.17. The highest BCUT2D eigenvalue weighted by atomic mass is 32.2. The first kappa shape index (κ1) is 24.4. The largest absolute Gasteiger partial charge is 0.393 e. The molecule has 2 atom stereocenters. The van der Waals surface area contributed by atoms with Gasteiger partial charge in [0.2, 0.25) is 5.95 Å². The number of pyridine rings is 1. The smallest absolute Gasteiger partial charge is 0.391 e. The molecule has 3 aromatic rings. The van der Waals surface area contributed by atoms with E-state index >= 15 is 0 Å². The van der Waals surface area contributed by atoms with E-state index in [0.29, 0.717) is 28.8 Å². The first-order valence-electron chi connectivity index (χ1n) is 11.0. The van der Waals surface area contributed by atoms with E-state index in [1.165, 1.54) is 19.4 Å². The molecule has 184 valence electrons. The summed E-state index contributed by atoms with van der Waals surface area (Å²) in [6.45, 7) is 1.42. The van der Waals surface area contributed by atoms with Crippen molar-refractivity contribution in [2.75, 3.05) is 11.6 Å². The maximum Gasteiger partial charge on any atom is 0.391 e. The summed E-state index contributed by atoms with van der Waals surface area (Å²) in [7, 11) is -2.97. The molecule has 3 N–H and O–H groups in total. The molecule has 12 heteroatoms. The Morgan fingerprint density at radius 1 is 1.24 bits per heavy atom. The molecular formula is C22H27F3N6O2S. The molecule has 0 unspecified atom stereocenters. The molecule has 1 fully saturated rings. The van der Waals surface area contributed by atoms with Crippen LogP contribution in [0.4, 0.5) is 19.1 Å². The molecule has 0 bridgehead atoms. The standard InChI is InChI=1S/C22H27F3N6O2S/c1-13(9-22(23,24)25)29-21-28-12-20-18(15-7-17(11-27-10-15)34(2,26)33)8-19(31(20)30-21)14-3-5-16(32)6-4-14/h7-8,10-14,16,26,32H,3-6,9H2,1-2H3,(H,29,30)/t13-,14-,16-,34-/m0/s1. The summed E-state index contributed by atoms with van der Waals surface area (Å²) in [5.74, 6) is 0.181. The van der Waals surface area contributed by atoms with Crippen molar-refractivity contribution in [2.45, 2.75) is 68.2 Å². The predicted octanol–water partition coefficient (Wildman–Crippen LogP) is 4.60. The Bertz CT molecular complexity index is 1280. The van der Waals surface area contributed by atoms with Crippen molar-refractivity contribution in [1.82, 2.24) is 19.6 Å². The highest BCUT2D eigenvalue weighted by Gasteiger charge is 2.30. The van der Waals surface area contributed by atoms with E-state index in [1.807, 2.05) is 6.07 Å². The van der Waals surface area contributed by atoms with E-state index < -0.39 is 28.4 Å². The second kappa shape index (κ2) is 9.14. The lowest BCUT2D eigenvalue weighted by atomic mass is 9.85. The number of hydrogen-bond acceptors (Lipinski definition) is 7. The fourth-order valence-corrected chi connectivity index (χ4v) is 4.99. The van der Waals surface area contributed by atoms with Gasteiger partial charge in [-0.1, -0.05) is 0 Å². The van der Waals surface area contributed by atoms with Crippen molar-refractivity contribution >= 4 is 21.2 Å². The van der Waals surface area contributed by atoms with Gasteiger partial charge in [0, 0.05) is 47.4 Å². The van der Waals surface area contributed by atoms with Crippen LogP contribution in [0.1, 0.15) is 50.6 Å². The summed E-state index contributed by atoms with van der Waals surface area (Å²) in [6.07, 6.45) is 3.02. The summed E-state index contributed by atoms with van der Waals surface area (Å²) >= 11 is 0. The number of aliphatic hydroxyl groups excluding tert-OH is 1. The number of nitrogens with one attached hydrogen (secondary N) is 2. The third kappa shape index (κ3) is 5.49. The zero-order valence-corrected chi connectivity index (χ0v) is 19.7. The molecule has 0 spiro atoms. The zero-order chi connectivity index (χ0) is 24.7. The fraction of sp³-hybridized carbons (Fsp3) is 0.500. The lowest BCUT2D eigenvalue weighted by Crippen LogP contribution is -2.25. The zero-order valence-electron chi connectivity index (χ0n) is 18.8. The van der Waals surface area contributed by atoms with Crippen LogP contribution in [-0.4, -0.2) is 53.5 Å². The number of halogens is 3. The molecule has 8 nitrogen and oxygen atoms in total. The molecule has 1 saturated carbocycles. The number of hydrogen-bond donors (Lipinski definition) is 3. The molecule has 0 amide bonds. The van der Waals surface area contributed by atoms with Crippen LogP contribution in [0.15, 0.2) is 35.6 Å². The number of fused-ring (bicyclic) bond motifs is 1. The molecule has 0 aromatic carbocycles. The minimum absolute atomic E-state index is 0.0816. The summed E-state index contributed by atoms with van der Waals surface area (Å²) < 4.78 is 60.1. The van der Waals surface area contributed by atoms with Gasteiger partial charge in [-0.2, -0.15) is 13.2 Å². The number of rotatable bonds is 6. The van der Waals surface area contributed by atoms with Gasteiger partial charge in [-0.3, -0.25) is 4.98 Å². The Kier molecular flexibility index (Phi) is 6.56. The van der Waals surface area contributed by atoms with Gasteiger partial charge in [-0.25, -0.2) is 18.5 Å². The molecule has 3 heterocycles. The van der Waals surface area contributed by atoms with Crippen LogP contribution >= 0.6 is 0 Å². The first-order valence-corrected chi connectivity index (χ1v) is 13.0. The van der Waals surface area contributed by atoms with Crippen molar-refractivity contribution in [3.05, 3.63) is 36.4 Å². The van der Waals surface area contributed by atoms with E-state index in [9.17, 15) is 22.5 Å². The Labute approximate surface area is 195 Å². The van der Waals surface area contributed by atoms with Gasteiger partial charge in [0.25, 0.3) is 0 Å². The normalized spacial score (nSPS) is 21.8. The van der Waals surface area contributed by atoms with Crippen LogP contribution in [0.3, 0.4) is 0 Å². The quantitative estimate of drug-likeness (QED) is 0.459. The Balaban J connectivity index is 1.78. The number of aliphatic hydroxyl groups is 1. The van der Waals surface area contributed by atoms with E-state index in [-0.39, 0.29) is 18.0 Å². The number of aromatic nitrogens is 4. The lowest BCUT2D eigenvalue weighted by Gasteiger charge is -2.25. The summed E-state index contributed by atoms with van der Waals surface area (Å²) in [4.78, 5) is 8.69. The Morgan fingerprint density at radius 2 is 1.94 bits per heavy atom. The van der Waals surface area contributed by atoms with Crippen LogP contribution in [0, 0.1) is 4.78 Å². The van der Waals surface area contributed by atoms with Gasteiger partial charge in [0.15, 0.2) is 0 Å². The second-order valence-electron chi connectivity index (χ2n) is 8.98. The number of alkyl halides is 3. The minimum Gasteiger partial charge on any atom is -0.393 e. The third-order valence-electron chi connectivity index (χ3n) is 6.05. The molecule has 0 radical (unpaired) electrons. The molecule has 1 aliphatic carbocycles. The molecule has 1 aliphatic rings. The minimum atomic E-state index is -4.31. The van der Waals surface area contributed by atoms with Crippen molar-refractivity contribution in [1.29, 1.82) is 4.78 Å². The molecular weight excluding hydrogens is 469 g/mol. The van der Waals surface area contributed by atoms with Crippen LogP contribution < -0.4 is 5.32 Å². The monoisotopic (exact) mass is 496 g/mol. The lowest BCUT2D eigenvalue weighted by molar-refractivity contribution is -0.136. The molecule has 3 aromatic heterocycles. The van der Waals surface area contributed by atoms with Gasteiger partial charge in [-0.05, 0) is 44.7 Å². The Hall–Kier alpha value is -2.73. The highest BCUT2D eigenvalue weighted by molar-refractivity contribution is 7.91. The number of anilines is 1. The van der Waals surface area contributed by atoms with Crippen LogP contribution in [-0.2, 0) is 9.73 Å². The average molecular weight is 497 g/mol. The van der Waals surface area contributed by atoms with Crippen LogP contribution in [0.5, 0.6) is 0 Å². The highest BCUT2D eigenvalue weighted by Crippen LogP contribution is 2.38. The first-order chi connectivity index (χ1) is 15.9. The molecule has 34 heavy (non-hydrogen) atoms. The van der Waals surface area contributed by atoms with Crippen LogP contribution in [0.2, 0.25) is 0 Å². The van der Waals surface area contributed by atoms with Gasteiger partial charge >= 0.3 is 6.18 Å². The maximum absolute atomic E-state index is 12.8. The number of nitrogens with zero attached hydrogens (tertiary/aromatic N) is 4. The molecule has 4 rings (SSSR count). The van der Waals surface area contributed by atoms with Crippen molar-refractivity contribution in [2.24, 2.45) is 0 Å². The molecule has 0 saturated heterocycles. The van der Waals surface area contributed by atoms with Gasteiger partial charge in [0.1, 0.15) is 0 Å². The van der Waals surface area contributed by atoms with Gasteiger partial charge < -0.3 is 10.4 Å². The summed E-state index contributed by atoms with van der Waals surface area (Å²) in [5, 5.41) is 17.2. The topological polar surface area (TPSA) is 116 Å². The summed E-state index contributed by atoms with van der Waals surface area (Å²) in [5.41, 5.74) is 2.86. The van der Waals surface area contributed by atoms with E-state index in [4.69, 9.17) is 4.78 Å². The fourth-order valence-electron chi connectivity index (χ4n) is 4.37. The maximum atomic E-state index is 12.8. The summed E-state index contributed by atoms with van der Waals surface area (Å²) in [6, 6.07) is 2.69. The average Bonchev–Trinajstić information content (AvgIpc) is 3.11. The Morgan fingerprint density at radius 3 is 2.59 bits per heavy atom. The van der Waals surface area contributed by atoms with E-state index in [2.05, 4.69) is 20.4 Å². The van der Waals surface area contributed by atoms with E-state index in [1.54, 1.807) is 23.0 Å². The van der Waals surface area contributed by atoms with Crippen molar-refractivity contribution < 1.29 is 22.5 Å². The van der Waals surface area contributed by atoms with Crippen LogP contribution in [0.25, 0.3) is 16.6 Å². The van der Waals surface area contributed by atoms with Crippen molar-refractivity contribution in [3.8, 4) is 11.1 Å². The van der Waals surface area contributed by atoms with E-state index in [0.717, 1.165) is 24.1 Å². The van der Waals surface area contributed by atoms with Gasteiger partial charge in [0.05, 0.1) is 38.9 Å². The SMILES string of the molecule is C[C@@H](CC(F)(F)F)Nc1ncc2c(-c3cncc([S@@](C)(=N)=O)c3)cc([C@H]3CC[C@H](O)CC3)n2n1.